The molecular formula is C42H48O10. The third-order valence-corrected chi connectivity index (χ3v) is 9.02. The minimum Gasteiger partial charge on any atom is -0.507 e. The number of phenolic OH excluding ortho intramolecular Hbond substituents is 4. The van der Waals surface area contributed by atoms with Crippen molar-refractivity contribution in [3.8, 4) is 68.2 Å². The van der Waals surface area contributed by atoms with Crippen molar-refractivity contribution >= 4 is 12.6 Å². The van der Waals surface area contributed by atoms with E-state index in [1.807, 2.05) is 18.2 Å². The van der Waals surface area contributed by atoms with Crippen LogP contribution in [0.2, 0.25) is 0 Å². The average molecular weight is 713 g/mol. The first-order valence-electron chi connectivity index (χ1n) is 17.3. The van der Waals surface area contributed by atoms with Gasteiger partial charge in [0.05, 0.1) is 28.4 Å². The highest BCUT2D eigenvalue weighted by atomic mass is 16.5. The van der Waals surface area contributed by atoms with Crippen molar-refractivity contribution < 1.29 is 49.0 Å². The van der Waals surface area contributed by atoms with Gasteiger partial charge in [-0.25, -0.2) is 0 Å². The summed E-state index contributed by atoms with van der Waals surface area (Å²) in [7, 11) is 5.94. The number of carbonyl (C=O) groups excluding carboxylic acids is 2. The molecular weight excluding hydrogens is 664 g/mol. The van der Waals surface area contributed by atoms with Crippen LogP contribution < -0.4 is 18.9 Å². The predicted molar refractivity (Wildman–Crippen MR) is 200 cm³/mol. The molecule has 0 fully saturated rings. The maximum absolute atomic E-state index is 10.8. The van der Waals surface area contributed by atoms with Crippen LogP contribution in [-0.4, -0.2) is 61.4 Å². The molecule has 1 aliphatic rings. The van der Waals surface area contributed by atoms with Gasteiger partial charge >= 0.3 is 0 Å². The number of ether oxygens (including phenoxy) is 4. The normalized spacial score (nSPS) is 12.8. The summed E-state index contributed by atoms with van der Waals surface area (Å²) in [6, 6.07) is 14.2. The Labute approximate surface area is 304 Å². The lowest BCUT2D eigenvalue weighted by Gasteiger charge is -2.18. The van der Waals surface area contributed by atoms with Gasteiger partial charge in [0, 0.05) is 35.1 Å². The Morgan fingerprint density at radius 1 is 0.635 bits per heavy atom. The molecule has 0 aromatic heterocycles. The van der Waals surface area contributed by atoms with Crippen LogP contribution in [0.3, 0.4) is 0 Å². The third kappa shape index (κ3) is 9.17. The molecule has 1 aliphatic carbocycles. The Bertz CT molecular complexity index is 1880. The summed E-state index contributed by atoms with van der Waals surface area (Å²) < 4.78 is 21.7. The molecule has 4 aromatic rings. The van der Waals surface area contributed by atoms with Gasteiger partial charge in [-0.1, -0.05) is 24.3 Å². The van der Waals surface area contributed by atoms with Gasteiger partial charge in [0.25, 0.3) is 0 Å². The van der Waals surface area contributed by atoms with Crippen LogP contribution in [0.25, 0.3) is 22.3 Å². The largest absolute Gasteiger partial charge is 0.507 e. The van der Waals surface area contributed by atoms with Crippen molar-refractivity contribution in [1.29, 1.82) is 0 Å². The molecule has 10 nitrogen and oxygen atoms in total. The molecule has 0 amide bonds. The maximum Gasteiger partial charge on any atom is 0.203 e. The summed E-state index contributed by atoms with van der Waals surface area (Å²) in [5, 5.41) is 41.9. The second-order valence-electron chi connectivity index (χ2n) is 12.4. The smallest absolute Gasteiger partial charge is 0.203 e. The summed E-state index contributed by atoms with van der Waals surface area (Å²) in [6.07, 6.45) is 13.3. The predicted octanol–water partition coefficient (Wildman–Crippen LogP) is 8.04. The monoisotopic (exact) mass is 712 g/mol. The number of hydrogen-bond donors (Lipinski definition) is 4. The fraction of sp³-hybridized carbons (Fsp3) is 0.333. The van der Waals surface area contributed by atoms with Gasteiger partial charge in [0.1, 0.15) is 24.1 Å². The Morgan fingerprint density at radius 2 is 1.27 bits per heavy atom. The van der Waals surface area contributed by atoms with Gasteiger partial charge in [0.15, 0.2) is 23.0 Å². The van der Waals surface area contributed by atoms with E-state index in [2.05, 4.69) is 12.2 Å². The van der Waals surface area contributed by atoms with E-state index < -0.39 is 0 Å². The molecule has 4 N–H and O–H groups in total. The SMILES string of the molecule is COc1c(-c2cc(CC=O)ccc2O)cc(CCCCC=O)c(O)c1OC.COc1c2cc(c(O)c1OC)CCCC/C=C/Cc1ccc(O)c-2c1. The number of carbonyl (C=O) groups is 2. The number of aromatic hydroxyl groups is 4. The molecule has 0 aliphatic heterocycles. The van der Waals surface area contributed by atoms with Crippen LogP contribution in [-0.2, 0) is 35.3 Å². The number of allylic oxidation sites excluding steroid dienone is 2. The highest BCUT2D eigenvalue weighted by molar-refractivity contribution is 5.83. The summed E-state index contributed by atoms with van der Waals surface area (Å²) >= 11 is 0. The fourth-order valence-electron chi connectivity index (χ4n) is 6.34. The second-order valence-corrected chi connectivity index (χ2v) is 12.4. The molecule has 0 atom stereocenters. The van der Waals surface area contributed by atoms with Crippen LogP contribution in [0.15, 0.2) is 60.7 Å². The number of benzene rings is 4. The molecule has 0 spiro atoms. The number of phenols is 4. The zero-order valence-electron chi connectivity index (χ0n) is 30.2. The number of aryl methyl sites for hydroxylation is 2. The van der Waals surface area contributed by atoms with E-state index >= 15 is 0 Å². The van der Waals surface area contributed by atoms with E-state index in [-0.39, 0.29) is 35.2 Å². The number of hydrogen-bond acceptors (Lipinski definition) is 10. The molecule has 4 bridgehead atoms. The summed E-state index contributed by atoms with van der Waals surface area (Å²) in [5.74, 6) is 1.53. The van der Waals surface area contributed by atoms with Gasteiger partial charge in [-0.2, -0.15) is 0 Å². The van der Waals surface area contributed by atoms with Crippen molar-refractivity contribution in [3.63, 3.8) is 0 Å². The van der Waals surface area contributed by atoms with Crippen LogP contribution in [0.4, 0.5) is 0 Å². The Kier molecular flexibility index (Phi) is 14.4. The van der Waals surface area contributed by atoms with Crippen molar-refractivity contribution in [2.45, 2.75) is 64.2 Å². The molecule has 4 aromatic carbocycles. The molecule has 276 valence electrons. The van der Waals surface area contributed by atoms with Gasteiger partial charge in [0.2, 0.25) is 11.5 Å². The Balaban J connectivity index is 0.000000233. The van der Waals surface area contributed by atoms with Crippen molar-refractivity contribution in [3.05, 3.63) is 82.9 Å². The number of unbranched alkanes of at least 4 members (excludes halogenated alkanes) is 2. The first kappa shape index (κ1) is 39.2. The zero-order chi connectivity index (χ0) is 37.6. The fourth-order valence-corrected chi connectivity index (χ4v) is 6.34. The topological polar surface area (TPSA) is 152 Å². The number of methoxy groups -OCH3 is 4. The molecule has 0 unspecified atom stereocenters. The van der Waals surface area contributed by atoms with Gasteiger partial charge in [-0.15, -0.1) is 0 Å². The maximum atomic E-state index is 10.8. The summed E-state index contributed by atoms with van der Waals surface area (Å²) in [5.41, 5.74) is 5.76. The number of aldehydes is 2. The Hall–Kier alpha value is -5.64. The lowest BCUT2D eigenvalue weighted by Crippen LogP contribution is -1.99. The van der Waals surface area contributed by atoms with Gasteiger partial charge in [-0.05, 0) is 110 Å². The second kappa shape index (κ2) is 19.1. The van der Waals surface area contributed by atoms with Crippen LogP contribution in [0.1, 0.15) is 60.8 Å². The quantitative estimate of drug-likeness (QED) is 0.0645. The van der Waals surface area contributed by atoms with Crippen molar-refractivity contribution in [2.75, 3.05) is 28.4 Å². The van der Waals surface area contributed by atoms with E-state index in [0.29, 0.717) is 58.8 Å². The van der Waals surface area contributed by atoms with Gasteiger partial charge < -0.3 is 49.0 Å². The van der Waals surface area contributed by atoms with Crippen LogP contribution in [0, 0.1) is 0 Å². The summed E-state index contributed by atoms with van der Waals surface area (Å²) in [6.45, 7) is 0. The van der Waals surface area contributed by atoms with E-state index in [0.717, 1.165) is 73.4 Å². The lowest BCUT2D eigenvalue weighted by atomic mass is 9.95. The van der Waals surface area contributed by atoms with E-state index in [1.54, 1.807) is 24.3 Å². The van der Waals surface area contributed by atoms with Crippen molar-refractivity contribution in [1.82, 2.24) is 0 Å². The van der Waals surface area contributed by atoms with Crippen LogP contribution >= 0.6 is 0 Å². The minimum absolute atomic E-state index is 0.0206. The van der Waals surface area contributed by atoms with E-state index in [1.165, 1.54) is 34.5 Å². The molecule has 52 heavy (non-hydrogen) atoms. The average Bonchev–Trinajstić information content (AvgIpc) is 3.16. The highest BCUT2D eigenvalue weighted by Crippen LogP contribution is 2.50. The molecule has 0 saturated carbocycles. The number of rotatable bonds is 12. The van der Waals surface area contributed by atoms with Crippen LogP contribution in [0.5, 0.6) is 46.0 Å². The molecule has 10 heteroatoms. The molecule has 0 saturated heterocycles. The number of fused-ring (bicyclic) bond motifs is 5. The standard InChI is InChI=1S/C21H24O6.C21H24O4/c1-26-20-17(16-12-14(9-11-23)7-8-18(16)24)13-15(6-4-3-5-10-22)19(25)21(20)27-2;1-24-20-17-13-15(19(23)21(20)25-2)9-7-5-3-4-6-8-14-10-11-18(22)16(17)12-14/h7-8,10-13,24-25H,3-6,9H2,1-2H3;4,6,10-13,22-23H,3,5,7-9H2,1-2H3/b;6-4+. The zero-order valence-corrected chi connectivity index (χ0v) is 30.2. The first-order chi connectivity index (χ1) is 25.2. The molecule has 0 heterocycles. The third-order valence-electron chi connectivity index (χ3n) is 9.02. The molecule has 5 rings (SSSR count). The van der Waals surface area contributed by atoms with Gasteiger partial charge in [-0.3, -0.25) is 0 Å². The lowest BCUT2D eigenvalue weighted by molar-refractivity contribution is -0.108. The Morgan fingerprint density at radius 3 is 1.92 bits per heavy atom. The summed E-state index contributed by atoms with van der Waals surface area (Å²) in [4.78, 5) is 21.3. The van der Waals surface area contributed by atoms with E-state index in [4.69, 9.17) is 18.9 Å². The minimum atomic E-state index is -0.0206. The highest BCUT2D eigenvalue weighted by Gasteiger charge is 2.24. The first-order valence-corrected chi connectivity index (χ1v) is 17.3. The van der Waals surface area contributed by atoms with Crippen molar-refractivity contribution in [2.24, 2.45) is 0 Å². The molecule has 0 radical (unpaired) electrons. The van der Waals surface area contributed by atoms with E-state index in [9.17, 15) is 30.0 Å².